The molecule has 3 aromatic heterocycles. The van der Waals surface area contributed by atoms with Crippen LogP contribution in [-0.2, 0) is 14.1 Å². The molecule has 2 N–H and O–H groups in total. The SMILES string of the molecule is Cc1ccccc1Nc1ncc(-c2cnn(C)c2)cc1NC(=O)c1cccc2c1cnn2C. The van der Waals surface area contributed by atoms with Crippen molar-refractivity contribution in [1.82, 2.24) is 24.5 Å². The van der Waals surface area contributed by atoms with Gasteiger partial charge in [0.2, 0.25) is 0 Å². The third-order valence-corrected chi connectivity index (χ3v) is 5.61. The highest BCUT2D eigenvalue weighted by atomic mass is 16.1. The van der Waals surface area contributed by atoms with Crippen molar-refractivity contribution in [2.24, 2.45) is 14.1 Å². The summed E-state index contributed by atoms with van der Waals surface area (Å²) in [6, 6.07) is 15.4. The Kier molecular flexibility index (Phi) is 5.10. The number of hydrogen-bond donors (Lipinski definition) is 2. The molecule has 2 aromatic carbocycles. The van der Waals surface area contributed by atoms with Crippen LogP contribution in [0, 0.1) is 6.92 Å². The van der Waals surface area contributed by atoms with Crippen molar-refractivity contribution in [2.75, 3.05) is 10.6 Å². The molecule has 8 heteroatoms. The van der Waals surface area contributed by atoms with Gasteiger partial charge in [-0.25, -0.2) is 4.98 Å². The molecular weight excluding hydrogens is 414 g/mol. The predicted molar refractivity (Wildman–Crippen MR) is 130 cm³/mol. The Morgan fingerprint density at radius 1 is 0.909 bits per heavy atom. The standard InChI is InChI=1S/C25H23N7O/c1-16-7-4-5-9-21(16)29-24-22(11-17(12-26-24)18-13-27-31(2)15-18)30-25(33)19-8-6-10-23-20(19)14-28-32(23)3/h4-15H,1-3H3,(H,26,29)(H,30,33). The minimum absolute atomic E-state index is 0.230. The summed E-state index contributed by atoms with van der Waals surface area (Å²) in [6.07, 6.45) is 7.16. The number of para-hydroxylation sites is 1. The van der Waals surface area contributed by atoms with Gasteiger partial charge in [0.05, 0.1) is 29.2 Å². The first-order valence-corrected chi connectivity index (χ1v) is 10.5. The summed E-state index contributed by atoms with van der Waals surface area (Å²) in [5.41, 5.74) is 5.78. The fourth-order valence-electron chi connectivity index (χ4n) is 3.79. The minimum atomic E-state index is -0.230. The zero-order valence-electron chi connectivity index (χ0n) is 18.6. The number of aromatic nitrogens is 5. The van der Waals surface area contributed by atoms with Crippen molar-refractivity contribution in [2.45, 2.75) is 6.92 Å². The number of pyridine rings is 1. The van der Waals surface area contributed by atoms with Crippen molar-refractivity contribution in [3.05, 3.63) is 84.4 Å². The van der Waals surface area contributed by atoms with Crippen LogP contribution in [0.2, 0.25) is 0 Å². The van der Waals surface area contributed by atoms with E-state index in [-0.39, 0.29) is 5.91 Å². The first-order chi connectivity index (χ1) is 16.0. The molecule has 0 bridgehead atoms. The van der Waals surface area contributed by atoms with Crippen LogP contribution in [0.4, 0.5) is 17.2 Å². The molecule has 164 valence electrons. The lowest BCUT2D eigenvalue weighted by atomic mass is 10.1. The summed E-state index contributed by atoms with van der Waals surface area (Å²) in [7, 11) is 3.72. The molecule has 8 nitrogen and oxygen atoms in total. The average Bonchev–Trinajstić information content (AvgIpc) is 3.42. The Hall–Kier alpha value is -4.46. The normalized spacial score (nSPS) is 11.0. The molecule has 1 amide bonds. The second-order valence-corrected chi connectivity index (χ2v) is 7.92. The van der Waals surface area contributed by atoms with E-state index in [0.29, 0.717) is 17.1 Å². The summed E-state index contributed by atoms with van der Waals surface area (Å²) < 4.78 is 3.48. The van der Waals surface area contributed by atoms with E-state index < -0.39 is 0 Å². The summed E-state index contributed by atoms with van der Waals surface area (Å²) in [6.45, 7) is 2.02. The number of rotatable bonds is 5. The highest BCUT2D eigenvalue weighted by Gasteiger charge is 2.16. The molecule has 0 saturated carbocycles. The fourth-order valence-corrected chi connectivity index (χ4v) is 3.79. The summed E-state index contributed by atoms with van der Waals surface area (Å²) >= 11 is 0. The zero-order valence-corrected chi connectivity index (χ0v) is 18.6. The molecule has 33 heavy (non-hydrogen) atoms. The van der Waals surface area contributed by atoms with E-state index >= 15 is 0 Å². The van der Waals surface area contributed by atoms with Gasteiger partial charge in [-0.05, 0) is 36.8 Å². The zero-order chi connectivity index (χ0) is 22.9. The van der Waals surface area contributed by atoms with E-state index in [0.717, 1.165) is 33.3 Å². The van der Waals surface area contributed by atoms with E-state index in [1.54, 1.807) is 34.0 Å². The first kappa shape index (κ1) is 20.4. The van der Waals surface area contributed by atoms with Gasteiger partial charge in [-0.2, -0.15) is 10.2 Å². The van der Waals surface area contributed by atoms with Crippen molar-refractivity contribution in [1.29, 1.82) is 0 Å². The maximum atomic E-state index is 13.3. The molecule has 5 aromatic rings. The fraction of sp³-hybridized carbons (Fsp3) is 0.120. The molecule has 0 unspecified atom stereocenters. The molecule has 0 fully saturated rings. The number of benzene rings is 2. The van der Waals surface area contributed by atoms with Crippen LogP contribution in [0.1, 0.15) is 15.9 Å². The number of fused-ring (bicyclic) bond motifs is 1. The maximum absolute atomic E-state index is 13.3. The van der Waals surface area contributed by atoms with Crippen molar-refractivity contribution in [3.8, 4) is 11.1 Å². The molecule has 0 aliphatic carbocycles. The maximum Gasteiger partial charge on any atom is 0.256 e. The molecule has 3 heterocycles. The van der Waals surface area contributed by atoms with Gasteiger partial charge in [-0.3, -0.25) is 14.2 Å². The van der Waals surface area contributed by atoms with Crippen LogP contribution in [0.3, 0.4) is 0 Å². The number of nitrogens with zero attached hydrogens (tertiary/aromatic N) is 5. The second-order valence-electron chi connectivity index (χ2n) is 7.92. The number of hydrogen-bond acceptors (Lipinski definition) is 5. The van der Waals surface area contributed by atoms with Gasteiger partial charge in [-0.15, -0.1) is 0 Å². The van der Waals surface area contributed by atoms with Crippen molar-refractivity contribution < 1.29 is 4.79 Å². The lowest BCUT2D eigenvalue weighted by molar-refractivity contribution is 0.102. The number of anilines is 3. The number of carbonyl (C=O) groups excluding carboxylic acids is 1. The summed E-state index contributed by atoms with van der Waals surface area (Å²) in [4.78, 5) is 18.0. The van der Waals surface area contributed by atoms with Crippen molar-refractivity contribution in [3.63, 3.8) is 0 Å². The largest absolute Gasteiger partial charge is 0.338 e. The van der Waals surface area contributed by atoms with Crippen LogP contribution >= 0.6 is 0 Å². The molecule has 0 atom stereocenters. The average molecular weight is 438 g/mol. The molecule has 0 aliphatic rings. The quantitative estimate of drug-likeness (QED) is 0.417. The Bertz CT molecular complexity index is 1480. The lowest BCUT2D eigenvalue weighted by Crippen LogP contribution is -2.14. The summed E-state index contributed by atoms with van der Waals surface area (Å²) in [5.74, 6) is 0.329. The van der Waals surface area contributed by atoms with Gasteiger partial charge < -0.3 is 10.6 Å². The minimum Gasteiger partial charge on any atom is -0.338 e. The second kappa shape index (κ2) is 8.23. The van der Waals surface area contributed by atoms with Gasteiger partial charge in [0, 0.05) is 48.7 Å². The van der Waals surface area contributed by atoms with E-state index in [1.165, 1.54) is 0 Å². The molecule has 5 rings (SSSR count). The Balaban J connectivity index is 1.55. The van der Waals surface area contributed by atoms with Crippen LogP contribution in [0.15, 0.2) is 73.3 Å². The van der Waals surface area contributed by atoms with Gasteiger partial charge in [0.25, 0.3) is 5.91 Å². The monoisotopic (exact) mass is 437 g/mol. The number of amides is 1. The number of carbonyl (C=O) groups is 1. The topological polar surface area (TPSA) is 89.7 Å². The van der Waals surface area contributed by atoms with Crippen LogP contribution in [0.25, 0.3) is 22.0 Å². The predicted octanol–water partition coefficient (Wildman–Crippen LogP) is 4.67. The number of nitrogens with one attached hydrogen (secondary N) is 2. The van der Waals surface area contributed by atoms with Gasteiger partial charge in [0.1, 0.15) is 0 Å². The van der Waals surface area contributed by atoms with Crippen LogP contribution in [0.5, 0.6) is 0 Å². The Morgan fingerprint density at radius 3 is 2.55 bits per heavy atom. The third kappa shape index (κ3) is 3.94. The number of aryl methyl sites for hydroxylation is 3. The third-order valence-electron chi connectivity index (χ3n) is 5.61. The van der Waals surface area contributed by atoms with Gasteiger partial charge >= 0.3 is 0 Å². The Morgan fingerprint density at radius 2 is 1.76 bits per heavy atom. The molecule has 0 radical (unpaired) electrons. The molecule has 0 spiro atoms. The molecule has 0 saturated heterocycles. The van der Waals surface area contributed by atoms with E-state index in [4.69, 9.17) is 0 Å². The highest BCUT2D eigenvalue weighted by Crippen LogP contribution is 2.30. The summed E-state index contributed by atoms with van der Waals surface area (Å²) in [5, 5.41) is 15.7. The van der Waals surface area contributed by atoms with Gasteiger partial charge in [0.15, 0.2) is 5.82 Å². The lowest BCUT2D eigenvalue weighted by Gasteiger charge is -2.15. The van der Waals surface area contributed by atoms with Crippen LogP contribution in [-0.4, -0.2) is 30.5 Å². The van der Waals surface area contributed by atoms with Crippen molar-refractivity contribution >= 4 is 34.0 Å². The van der Waals surface area contributed by atoms with Crippen LogP contribution < -0.4 is 10.6 Å². The molecular formula is C25H23N7O. The Labute approximate surface area is 190 Å². The smallest absolute Gasteiger partial charge is 0.256 e. The highest BCUT2D eigenvalue weighted by molar-refractivity contribution is 6.13. The van der Waals surface area contributed by atoms with E-state index in [2.05, 4.69) is 25.8 Å². The van der Waals surface area contributed by atoms with Gasteiger partial charge in [-0.1, -0.05) is 24.3 Å². The van der Waals surface area contributed by atoms with E-state index in [9.17, 15) is 4.79 Å². The molecule has 0 aliphatic heterocycles. The first-order valence-electron chi connectivity index (χ1n) is 10.5. The van der Waals surface area contributed by atoms with E-state index in [1.807, 2.05) is 69.7 Å².